The lowest BCUT2D eigenvalue weighted by Gasteiger charge is -2.36. The lowest BCUT2D eigenvalue weighted by Crippen LogP contribution is -2.47. The van der Waals surface area contributed by atoms with Crippen LogP contribution in [0.4, 0.5) is 0 Å². The van der Waals surface area contributed by atoms with Gasteiger partial charge in [-0.25, -0.2) is 0 Å². The highest BCUT2D eigenvalue weighted by Crippen LogP contribution is 2.44. The largest absolute Gasteiger partial charge is 0.501 e. The molecule has 3 heterocycles. The van der Waals surface area contributed by atoms with E-state index in [9.17, 15) is 14.7 Å². The van der Waals surface area contributed by atoms with Gasteiger partial charge in [0.25, 0.3) is 5.91 Å². The van der Waals surface area contributed by atoms with Gasteiger partial charge in [-0.2, -0.15) is 4.98 Å². The van der Waals surface area contributed by atoms with Gasteiger partial charge in [0.2, 0.25) is 5.75 Å². The topological polar surface area (TPSA) is 75.4 Å². The van der Waals surface area contributed by atoms with Crippen LogP contribution >= 0.6 is 0 Å². The normalized spacial score (nSPS) is 22.2. The third-order valence-corrected chi connectivity index (χ3v) is 7.48. The van der Waals surface area contributed by atoms with E-state index < -0.39 is 11.3 Å². The van der Waals surface area contributed by atoms with Gasteiger partial charge in [0.1, 0.15) is 5.82 Å². The van der Waals surface area contributed by atoms with Crippen molar-refractivity contribution in [3.8, 4) is 5.75 Å². The van der Waals surface area contributed by atoms with Crippen LogP contribution in [0.5, 0.6) is 5.75 Å². The zero-order valence-corrected chi connectivity index (χ0v) is 17.6. The lowest BCUT2D eigenvalue weighted by molar-refractivity contribution is 0.0655. The average Bonchev–Trinajstić information content (AvgIpc) is 3.42. The summed E-state index contributed by atoms with van der Waals surface area (Å²) in [5.74, 6) is -0.0745. The fraction of sp³-hybridized carbons (Fsp3) is 0.542. The molecule has 3 aliphatic rings. The molecule has 2 aliphatic heterocycles. The van der Waals surface area contributed by atoms with E-state index in [0.29, 0.717) is 25.3 Å². The summed E-state index contributed by atoms with van der Waals surface area (Å²) in [6.45, 7) is 3.47. The predicted molar refractivity (Wildman–Crippen MR) is 114 cm³/mol. The zero-order valence-electron chi connectivity index (χ0n) is 17.6. The molecule has 1 aromatic heterocycles. The Balaban J connectivity index is 1.61. The van der Waals surface area contributed by atoms with Crippen LogP contribution in [-0.4, -0.2) is 38.1 Å². The molecule has 2 fully saturated rings. The van der Waals surface area contributed by atoms with Gasteiger partial charge >= 0.3 is 5.56 Å². The maximum absolute atomic E-state index is 13.1. The fourth-order valence-electron chi connectivity index (χ4n) is 5.82. The number of hydrogen-bond acceptors (Lipinski definition) is 4. The molecule has 1 amide bonds. The molecule has 6 heteroatoms. The Morgan fingerprint density at radius 3 is 2.77 bits per heavy atom. The molecule has 158 valence electrons. The van der Waals surface area contributed by atoms with Crippen LogP contribution in [0.1, 0.15) is 72.9 Å². The molecule has 0 spiro atoms. The van der Waals surface area contributed by atoms with Gasteiger partial charge in [0.15, 0.2) is 5.69 Å². The molecule has 0 radical (unpaired) electrons. The Morgan fingerprint density at radius 1 is 1.20 bits per heavy atom. The molecule has 2 aromatic rings. The molecule has 1 unspecified atom stereocenters. The summed E-state index contributed by atoms with van der Waals surface area (Å²) in [7, 11) is 0. The summed E-state index contributed by atoms with van der Waals surface area (Å²) in [6.07, 6.45) is 7.95. The van der Waals surface area contributed by atoms with Crippen molar-refractivity contribution < 1.29 is 9.90 Å². The third-order valence-electron chi connectivity index (χ3n) is 7.48. The van der Waals surface area contributed by atoms with Crippen LogP contribution in [0.15, 0.2) is 29.1 Å². The number of nitrogens with zero attached hydrogens (tertiary/aromatic N) is 3. The van der Waals surface area contributed by atoms with E-state index in [1.54, 1.807) is 0 Å². The second-order valence-electron chi connectivity index (χ2n) is 9.15. The molecule has 6 nitrogen and oxygen atoms in total. The van der Waals surface area contributed by atoms with Crippen molar-refractivity contribution in [2.24, 2.45) is 0 Å². The first kappa shape index (κ1) is 19.3. The van der Waals surface area contributed by atoms with Gasteiger partial charge in [0.05, 0.1) is 6.04 Å². The summed E-state index contributed by atoms with van der Waals surface area (Å²) in [5, 5.41) is 10.4. The van der Waals surface area contributed by atoms with E-state index in [1.807, 2.05) is 9.47 Å². The van der Waals surface area contributed by atoms with Crippen molar-refractivity contribution in [2.45, 2.75) is 76.3 Å². The standard InChI is InChI=1S/C24H29N3O3/c1-2-16-7-5-8-17(13-16)24(10-3-4-11-24)14-19-25-22(29)21(28)20-23(30)26-12-6-9-18(26)15-27(19)20/h5,7-8,13,18,28H,2-4,6,9-12,14-15H2,1H3. The van der Waals surface area contributed by atoms with Crippen molar-refractivity contribution in [3.05, 3.63) is 57.3 Å². The van der Waals surface area contributed by atoms with Crippen LogP contribution in [0.3, 0.4) is 0 Å². The maximum atomic E-state index is 13.1. The summed E-state index contributed by atoms with van der Waals surface area (Å²) in [4.78, 5) is 31.7. The second kappa shape index (κ2) is 7.25. The Labute approximate surface area is 176 Å². The van der Waals surface area contributed by atoms with Crippen LogP contribution in [-0.2, 0) is 24.8 Å². The second-order valence-corrected chi connectivity index (χ2v) is 9.15. The summed E-state index contributed by atoms with van der Waals surface area (Å²) in [6, 6.07) is 8.91. The van der Waals surface area contributed by atoms with E-state index >= 15 is 0 Å². The lowest BCUT2D eigenvalue weighted by atomic mass is 9.75. The van der Waals surface area contributed by atoms with Crippen molar-refractivity contribution >= 4 is 5.91 Å². The van der Waals surface area contributed by atoms with Crippen LogP contribution in [0, 0.1) is 0 Å². The average molecular weight is 408 g/mol. The maximum Gasteiger partial charge on any atom is 0.315 e. The highest BCUT2D eigenvalue weighted by Gasteiger charge is 2.42. The van der Waals surface area contributed by atoms with Crippen molar-refractivity contribution in [3.63, 3.8) is 0 Å². The smallest absolute Gasteiger partial charge is 0.315 e. The monoisotopic (exact) mass is 407 g/mol. The number of benzene rings is 1. The number of aromatic nitrogens is 2. The Bertz CT molecular complexity index is 1050. The first-order chi connectivity index (χ1) is 14.5. The molecule has 30 heavy (non-hydrogen) atoms. The number of amides is 1. The van der Waals surface area contributed by atoms with E-state index in [4.69, 9.17) is 0 Å². The summed E-state index contributed by atoms with van der Waals surface area (Å²) < 4.78 is 1.86. The van der Waals surface area contributed by atoms with Gasteiger partial charge in [0, 0.05) is 24.9 Å². The van der Waals surface area contributed by atoms with Gasteiger partial charge in [-0.3, -0.25) is 9.59 Å². The van der Waals surface area contributed by atoms with Gasteiger partial charge in [-0.1, -0.05) is 44.0 Å². The number of carbonyl (C=O) groups excluding carboxylic acids is 1. The fourth-order valence-corrected chi connectivity index (χ4v) is 5.82. The quantitative estimate of drug-likeness (QED) is 0.845. The summed E-state index contributed by atoms with van der Waals surface area (Å²) >= 11 is 0. The van der Waals surface area contributed by atoms with E-state index in [1.165, 1.54) is 11.1 Å². The van der Waals surface area contributed by atoms with Crippen LogP contribution in [0.2, 0.25) is 0 Å². The minimum Gasteiger partial charge on any atom is -0.501 e. The molecule has 1 aliphatic carbocycles. The van der Waals surface area contributed by atoms with E-state index in [0.717, 1.165) is 44.9 Å². The van der Waals surface area contributed by atoms with Crippen molar-refractivity contribution in [2.75, 3.05) is 6.54 Å². The van der Waals surface area contributed by atoms with Gasteiger partial charge < -0.3 is 14.6 Å². The molecule has 1 atom stereocenters. The Hall–Kier alpha value is -2.63. The SMILES string of the molecule is CCc1cccc(C2(Cc3nc(=O)c(O)c4n3CC3CCCN3C4=O)CCCC2)c1. The molecule has 1 aromatic carbocycles. The highest BCUT2D eigenvalue weighted by molar-refractivity contribution is 5.96. The molecule has 1 saturated heterocycles. The van der Waals surface area contributed by atoms with Crippen LogP contribution in [0.25, 0.3) is 0 Å². The van der Waals surface area contributed by atoms with E-state index in [2.05, 4.69) is 36.2 Å². The number of fused-ring (bicyclic) bond motifs is 2. The summed E-state index contributed by atoms with van der Waals surface area (Å²) in [5.41, 5.74) is 2.00. The number of carbonyl (C=O) groups is 1. The minimum absolute atomic E-state index is 0.0712. The Morgan fingerprint density at radius 2 is 2.00 bits per heavy atom. The molecular weight excluding hydrogens is 378 g/mol. The van der Waals surface area contributed by atoms with Crippen molar-refractivity contribution in [1.82, 2.24) is 14.5 Å². The predicted octanol–water partition coefficient (Wildman–Crippen LogP) is 3.18. The number of rotatable bonds is 4. The zero-order chi connectivity index (χ0) is 20.9. The van der Waals surface area contributed by atoms with E-state index in [-0.39, 0.29) is 23.1 Å². The highest BCUT2D eigenvalue weighted by atomic mass is 16.3. The third kappa shape index (κ3) is 2.96. The number of aromatic hydroxyl groups is 1. The van der Waals surface area contributed by atoms with Crippen molar-refractivity contribution in [1.29, 1.82) is 0 Å². The Kier molecular flexibility index (Phi) is 4.68. The minimum atomic E-state index is -0.683. The molecule has 0 bridgehead atoms. The molecule has 5 rings (SSSR count). The van der Waals surface area contributed by atoms with Crippen LogP contribution < -0.4 is 5.56 Å². The molecular formula is C24H29N3O3. The molecule has 1 saturated carbocycles. The first-order valence-corrected chi connectivity index (χ1v) is 11.3. The number of aryl methyl sites for hydroxylation is 1. The number of hydrogen-bond donors (Lipinski definition) is 1. The molecule has 1 N–H and O–H groups in total. The van der Waals surface area contributed by atoms with Gasteiger partial charge in [-0.15, -0.1) is 0 Å². The van der Waals surface area contributed by atoms with Gasteiger partial charge in [-0.05, 0) is 43.2 Å². The first-order valence-electron chi connectivity index (χ1n) is 11.3.